The van der Waals surface area contributed by atoms with E-state index in [9.17, 15) is 14.3 Å². The van der Waals surface area contributed by atoms with Crippen molar-refractivity contribution >= 4 is 5.97 Å². The first-order valence-electron chi connectivity index (χ1n) is 5.49. The molecule has 0 unspecified atom stereocenters. The maximum atomic E-state index is 13.7. The lowest BCUT2D eigenvalue weighted by Gasteiger charge is -2.26. The highest BCUT2D eigenvalue weighted by Gasteiger charge is 2.29. The van der Waals surface area contributed by atoms with Gasteiger partial charge < -0.3 is 14.9 Å². The average Bonchev–Trinajstić information content (AvgIpc) is 2.22. The van der Waals surface area contributed by atoms with Crippen LogP contribution in [0.1, 0.15) is 31.4 Å². The quantitative estimate of drug-likeness (QED) is 0.869. The van der Waals surface area contributed by atoms with Crippen LogP contribution >= 0.6 is 0 Å². The molecule has 0 aliphatic rings. The molecule has 1 aromatic carbocycles. The largest absolute Gasteiger partial charge is 0.504 e. The van der Waals surface area contributed by atoms with Gasteiger partial charge in [-0.1, -0.05) is 13.8 Å². The van der Waals surface area contributed by atoms with E-state index in [1.165, 1.54) is 13.2 Å². The summed E-state index contributed by atoms with van der Waals surface area (Å²) < 4.78 is 18.5. The van der Waals surface area contributed by atoms with Gasteiger partial charge in [-0.05, 0) is 24.1 Å². The van der Waals surface area contributed by atoms with E-state index in [-0.39, 0.29) is 17.9 Å². The van der Waals surface area contributed by atoms with Gasteiger partial charge in [-0.25, -0.2) is 4.39 Å². The Hall–Kier alpha value is -1.78. The number of halogens is 1. The van der Waals surface area contributed by atoms with Crippen molar-refractivity contribution in [2.75, 3.05) is 7.11 Å². The molecule has 0 saturated carbocycles. The van der Waals surface area contributed by atoms with Crippen LogP contribution in [-0.2, 0) is 10.2 Å². The molecule has 0 atom stereocenters. The maximum Gasteiger partial charge on any atom is 0.304 e. The summed E-state index contributed by atoms with van der Waals surface area (Å²) in [6.45, 7) is 4.99. The third-order valence-corrected chi connectivity index (χ3v) is 2.99. The summed E-state index contributed by atoms with van der Waals surface area (Å²) in [4.78, 5) is 10.8. The number of methoxy groups -OCH3 is 1. The zero-order chi connectivity index (χ0) is 14.1. The lowest BCUT2D eigenvalue weighted by molar-refractivity contribution is -0.138. The molecule has 0 aromatic heterocycles. The van der Waals surface area contributed by atoms with Crippen LogP contribution in [0.5, 0.6) is 11.5 Å². The Morgan fingerprint density at radius 1 is 1.50 bits per heavy atom. The van der Waals surface area contributed by atoms with Crippen molar-refractivity contribution in [2.45, 2.75) is 32.6 Å². The number of aromatic hydroxyl groups is 1. The van der Waals surface area contributed by atoms with Crippen molar-refractivity contribution in [2.24, 2.45) is 0 Å². The number of hydrogen-bond donors (Lipinski definition) is 2. The van der Waals surface area contributed by atoms with Crippen molar-refractivity contribution in [3.63, 3.8) is 0 Å². The number of ether oxygens (including phenoxy) is 1. The lowest BCUT2D eigenvalue weighted by atomic mass is 9.79. The molecular formula is C13H17FO4. The normalized spacial score (nSPS) is 11.4. The summed E-state index contributed by atoms with van der Waals surface area (Å²) in [5.41, 5.74) is 0.112. The van der Waals surface area contributed by atoms with E-state index in [1.807, 2.05) is 0 Å². The Morgan fingerprint density at radius 3 is 2.50 bits per heavy atom. The highest BCUT2D eigenvalue weighted by atomic mass is 19.1. The highest BCUT2D eigenvalue weighted by molar-refractivity contribution is 5.69. The SMILES string of the molecule is COc1c(F)cc(C(C)(C)CC(=O)O)c(C)c1O. The molecule has 0 saturated heterocycles. The first-order valence-corrected chi connectivity index (χ1v) is 5.49. The number of phenols is 1. The number of carboxylic acids is 1. The van der Waals surface area contributed by atoms with Crippen LogP contribution in [0.25, 0.3) is 0 Å². The first-order chi connectivity index (χ1) is 8.20. The number of phenolic OH excluding ortho intramolecular Hbond substituents is 1. The second kappa shape index (κ2) is 4.84. The average molecular weight is 256 g/mol. The van der Waals surface area contributed by atoms with Crippen LogP contribution < -0.4 is 4.74 Å². The summed E-state index contributed by atoms with van der Waals surface area (Å²) >= 11 is 0. The molecule has 0 heterocycles. The summed E-state index contributed by atoms with van der Waals surface area (Å²) in [5, 5.41) is 18.7. The molecule has 5 heteroatoms. The Bertz CT molecular complexity index is 480. The van der Waals surface area contributed by atoms with E-state index < -0.39 is 17.2 Å². The fourth-order valence-electron chi connectivity index (χ4n) is 2.08. The number of aliphatic carboxylic acids is 1. The van der Waals surface area contributed by atoms with E-state index in [1.54, 1.807) is 20.8 Å². The second-order valence-corrected chi connectivity index (χ2v) is 4.87. The van der Waals surface area contributed by atoms with Crippen LogP contribution in [0.3, 0.4) is 0 Å². The minimum Gasteiger partial charge on any atom is -0.504 e. The second-order valence-electron chi connectivity index (χ2n) is 4.87. The van der Waals surface area contributed by atoms with Crippen molar-refractivity contribution < 1.29 is 24.1 Å². The molecule has 0 aliphatic heterocycles. The predicted octanol–water partition coefficient (Wildman–Crippen LogP) is 2.60. The molecule has 4 nitrogen and oxygen atoms in total. The predicted molar refractivity (Wildman–Crippen MR) is 64.6 cm³/mol. The minimum absolute atomic E-state index is 0.154. The standard InChI is InChI=1S/C13H17FO4/c1-7-8(13(2,3)6-10(15)16)5-9(14)12(18-4)11(7)17/h5,17H,6H2,1-4H3,(H,15,16). The van der Waals surface area contributed by atoms with Gasteiger partial charge in [0.25, 0.3) is 0 Å². The van der Waals surface area contributed by atoms with E-state index in [0.29, 0.717) is 11.1 Å². The van der Waals surface area contributed by atoms with E-state index >= 15 is 0 Å². The Balaban J connectivity index is 3.39. The summed E-state index contributed by atoms with van der Waals surface area (Å²) in [5.74, 6) is -2.18. The van der Waals surface area contributed by atoms with Crippen LogP contribution in [0.2, 0.25) is 0 Å². The van der Waals surface area contributed by atoms with Crippen molar-refractivity contribution in [3.05, 3.63) is 23.0 Å². The molecule has 0 spiro atoms. The van der Waals surface area contributed by atoms with Crippen LogP contribution in [0.4, 0.5) is 4.39 Å². The van der Waals surface area contributed by atoms with Crippen LogP contribution in [0.15, 0.2) is 6.07 Å². The summed E-state index contributed by atoms with van der Waals surface area (Å²) in [6, 6.07) is 1.22. The van der Waals surface area contributed by atoms with Crippen LogP contribution in [0, 0.1) is 12.7 Å². The van der Waals surface area contributed by atoms with Gasteiger partial charge in [0.2, 0.25) is 0 Å². The van der Waals surface area contributed by atoms with Crippen molar-refractivity contribution in [1.82, 2.24) is 0 Å². The third-order valence-electron chi connectivity index (χ3n) is 2.99. The summed E-state index contributed by atoms with van der Waals surface area (Å²) in [6.07, 6.45) is -0.154. The third kappa shape index (κ3) is 2.55. The molecule has 2 N–H and O–H groups in total. The van der Waals surface area contributed by atoms with Crippen molar-refractivity contribution in [1.29, 1.82) is 0 Å². The smallest absolute Gasteiger partial charge is 0.304 e. The molecule has 100 valence electrons. The van der Waals surface area contributed by atoms with Gasteiger partial charge in [-0.15, -0.1) is 0 Å². The van der Waals surface area contributed by atoms with E-state index in [2.05, 4.69) is 0 Å². The molecule has 0 bridgehead atoms. The molecule has 1 aromatic rings. The Morgan fingerprint density at radius 2 is 2.06 bits per heavy atom. The Labute approximate surface area is 105 Å². The number of carbonyl (C=O) groups is 1. The maximum absolute atomic E-state index is 13.7. The fraction of sp³-hybridized carbons (Fsp3) is 0.462. The van der Waals surface area contributed by atoms with Gasteiger partial charge in [-0.2, -0.15) is 0 Å². The lowest BCUT2D eigenvalue weighted by Crippen LogP contribution is -2.23. The number of rotatable bonds is 4. The zero-order valence-electron chi connectivity index (χ0n) is 10.9. The van der Waals surface area contributed by atoms with Gasteiger partial charge in [0, 0.05) is 5.41 Å². The summed E-state index contributed by atoms with van der Waals surface area (Å²) in [7, 11) is 1.26. The topological polar surface area (TPSA) is 66.8 Å². The van der Waals surface area contributed by atoms with Gasteiger partial charge in [0.05, 0.1) is 13.5 Å². The van der Waals surface area contributed by atoms with E-state index in [0.717, 1.165) is 0 Å². The Kier molecular flexibility index (Phi) is 3.84. The number of carboxylic acid groups (broad SMARTS) is 1. The van der Waals surface area contributed by atoms with Gasteiger partial charge in [-0.3, -0.25) is 4.79 Å². The highest BCUT2D eigenvalue weighted by Crippen LogP contribution is 2.40. The van der Waals surface area contributed by atoms with Gasteiger partial charge in [0.1, 0.15) is 0 Å². The number of hydrogen-bond acceptors (Lipinski definition) is 3. The van der Waals surface area contributed by atoms with Gasteiger partial charge in [0.15, 0.2) is 17.3 Å². The monoisotopic (exact) mass is 256 g/mol. The first kappa shape index (κ1) is 14.3. The number of benzene rings is 1. The van der Waals surface area contributed by atoms with Crippen molar-refractivity contribution in [3.8, 4) is 11.5 Å². The van der Waals surface area contributed by atoms with E-state index in [4.69, 9.17) is 9.84 Å². The molecule has 0 amide bonds. The fourth-order valence-corrected chi connectivity index (χ4v) is 2.08. The molecule has 18 heavy (non-hydrogen) atoms. The minimum atomic E-state index is -0.977. The van der Waals surface area contributed by atoms with Crippen LogP contribution in [-0.4, -0.2) is 23.3 Å². The molecule has 1 rings (SSSR count). The van der Waals surface area contributed by atoms with Gasteiger partial charge >= 0.3 is 5.97 Å². The molecular weight excluding hydrogens is 239 g/mol. The molecule has 0 aliphatic carbocycles. The molecule has 0 fully saturated rings. The zero-order valence-corrected chi connectivity index (χ0v) is 10.9. The molecule has 0 radical (unpaired) electrons.